The number of amides is 1. The Morgan fingerprint density at radius 1 is 1.29 bits per heavy atom. The number of nitrogens with one attached hydrogen (secondary N) is 2. The summed E-state index contributed by atoms with van der Waals surface area (Å²) >= 11 is 0. The Bertz CT molecular complexity index is 646. The van der Waals surface area contributed by atoms with Crippen LogP contribution in [0.2, 0.25) is 0 Å². The minimum Gasteiger partial charge on any atom is -0.463 e. The van der Waals surface area contributed by atoms with E-state index in [9.17, 15) is 4.79 Å². The van der Waals surface area contributed by atoms with E-state index in [4.69, 9.17) is 4.42 Å². The summed E-state index contributed by atoms with van der Waals surface area (Å²) in [7, 11) is 0. The second-order valence-corrected chi connectivity index (χ2v) is 4.88. The molecule has 1 heterocycles. The predicted molar refractivity (Wildman–Crippen MR) is 83.5 cm³/mol. The van der Waals surface area contributed by atoms with Gasteiger partial charge in [-0.25, -0.2) is 5.43 Å². The number of aryl methyl sites for hydroxylation is 2. The van der Waals surface area contributed by atoms with E-state index in [1.807, 2.05) is 26.0 Å². The second kappa shape index (κ2) is 6.74. The molecule has 0 saturated heterocycles. The van der Waals surface area contributed by atoms with Gasteiger partial charge in [-0.1, -0.05) is 17.7 Å². The van der Waals surface area contributed by atoms with Crippen molar-refractivity contribution in [3.8, 4) is 0 Å². The third kappa shape index (κ3) is 4.21. The third-order valence-corrected chi connectivity index (χ3v) is 3.05. The zero-order valence-electron chi connectivity index (χ0n) is 12.4. The average Bonchev–Trinajstić information content (AvgIpc) is 2.98. The van der Waals surface area contributed by atoms with E-state index in [1.165, 1.54) is 5.56 Å². The van der Waals surface area contributed by atoms with E-state index in [0.717, 1.165) is 11.3 Å². The van der Waals surface area contributed by atoms with E-state index in [0.29, 0.717) is 11.5 Å². The van der Waals surface area contributed by atoms with Gasteiger partial charge in [-0.2, -0.15) is 5.10 Å². The molecule has 1 aromatic carbocycles. The highest BCUT2D eigenvalue weighted by atomic mass is 16.3. The molecular formula is C16H19N3O2. The fourth-order valence-corrected chi connectivity index (χ4v) is 1.91. The molecule has 0 aliphatic rings. The number of hydrogen-bond acceptors (Lipinski definition) is 4. The first-order valence-corrected chi connectivity index (χ1v) is 6.74. The number of rotatable bonds is 5. The summed E-state index contributed by atoms with van der Waals surface area (Å²) in [5.41, 5.74) is 6.37. The smallest absolute Gasteiger partial charge is 0.259 e. The predicted octanol–water partition coefficient (Wildman–Crippen LogP) is 2.85. The van der Waals surface area contributed by atoms with Crippen molar-refractivity contribution >= 4 is 17.3 Å². The lowest BCUT2D eigenvalue weighted by molar-refractivity contribution is -0.119. The molecule has 2 rings (SSSR count). The Morgan fingerprint density at radius 3 is 2.76 bits per heavy atom. The van der Waals surface area contributed by atoms with Crippen LogP contribution in [0, 0.1) is 13.8 Å². The van der Waals surface area contributed by atoms with Gasteiger partial charge in [0.15, 0.2) is 0 Å². The maximum atomic E-state index is 11.8. The lowest BCUT2D eigenvalue weighted by atomic mass is 10.1. The first-order valence-electron chi connectivity index (χ1n) is 6.74. The standard InChI is InChI=1S/C16H19N3O2/c1-11-6-7-14(12(2)9-11)17-10-16(20)19-18-13(3)15-5-4-8-21-15/h4-9,17H,10H2,1-3H3,(H,19,20)/b18-13-. The highest BCUT2D eigenvalue weighted by Crippen LogP contribution is 2.15. The van der Waals surface area contributed by atoms with Crippen LogP contribution in [0.4, 0.5) is 5.69 Å². The largest absolute Gasteiger partial charge is 0.463 e. The van der Waals surface area contributed by atoms with Crippen molar-refractivity contribution in [3.05, 3.63) is 53.5 Å². The van der Waals surface area contributed by atoms with Crippen LogP contribution in [0.3, 0.4) is 0 Å². The van der Waals surface area contributed by atoms with E-state index in [1.54, 1.807) is 25.3 Å². The van der Waals surface area contributed by atoms with E-state index in [2.05, 4.69) is 21.9 Å². The van der Waals surface area contributed by atoms with Crippen molar-refractivity contribution in [2.45, 2.75) is 20.8 Å². The third-order valence-electron chi connectivity index (χ3n) is 3.05. The molecule has 0 atom stereocenters. The summed E-state index contributed by atoms with van der Waals surface area (Å²) in [6.45, 7) is 5.98. The molecule has 0 saturated carbocycles. The van der Waals surface area contributed by atoms with Gasteiger partial charge in [0.2, 0.25) is 0 Å². The summed E-state index contributed by atoms with van der Waals surface area (Å²) in [6.07, 6.45) is 1.57. The molecule has 1 amide bonds. The topological polar surface area (TPSA) is 66.6 Å². The van der Waals surface area contributed by atoms with Gasteiger partial charge in [-0.15, -0.1) is 0 Å². The van der Waals surface area contributed by atoms with Crippen molar-refractivity contribution in [1.29, 1.82) is 0 Å². The van der Waals surface area contributed by atoms with Crippen molar-refractivity contribution in [2.24, 2.45) is 5.10 Å². The molecule has 2 N–H and O–H groups in total. The fourth-order valence-electron chi connectivity index (χ4n) is 1.91. The van der Waals surface area contributed by atoms with Crippen LogP contribution in [0.15, 0.2) is 46.1 Å². The number of carbonyl (C=O) groups is 1. The van der Waals surface area contributed by atoms with E-state index < -0.39 is 0 Å². The van der Waals surface area contributed by atoms with Crippen LogP contribution in [-0.4, -0.2) is 18.2 Å². The average molecular weight is 285 g/mol. The molecule has 0 aliphatic heterocycles. The molecular weight excluding hydrogens is 266 g/mol. The highest BCUT2D eigenvalue weighted by Gasteiger charge is 2.04. The number of anilines is 1. The Labute approximate surface area is 124 Å². The van der Waals surface area contributed by atoms with Crippen LogP contribution in [0.5, 0.6) is 0 Å². The van der Waals surface area contributed by atoms with Crippen molar-refractivity contribution in [1.82, 2.24) is 5.43 Å². The van der Waals surface area contributed by atoms with Crippen molar-refractivity contribution < 1.29 is 9.21 Å². The maximum absolute atomic E-state index is 11.8. The van der Waals surface area contributed by atoms with Gasteiger partial charge in [0.25, 0.3) is 5.91 Å². The van der Waals surface area contributed by atoms with Crippen LogP contribution < -0.4 is 10.7 Å². The molecule has 110 valence electrons. The van der Waals surface area contributed by atoms with Crippen LogP contribution in [-0.2, 0) is 4.79 Å². The normalized spacial score (nSPS) is 11.3. The quantitative estimate of drug-likeness (QED) is 0.655. The van der Waals surface area contributed by atoms with Crippen LogP contribution in [0.25, 0.3) is 0 Å². The number of hydrogen-bond donors (Lipinski definition) is 2. The summed E-state index contributed by atoms with van der Waals surface area (Å²) in [6, 6.07) is 9.61. The van der Waals surface area contributed by atoms with Crippen LogP contribution in [0.1, 0.15) is 23.8 Å². The van der Waals surface area contributed by atoms with Gasteiger partial charge in [0.1, 0.15) is 11.5 Å². The van der Waals surface area contributed by atoms with Gasteiger partial charge >= 0.3 is 0 Å². The first-order chi connectivity index (χ1) is 10.1. The number of nitrogens with zero attached hydrogens (tertiary/aromatic N) is 1. The number of carbonyl (C=O) groups excluding carboxylic acids is 1. The molecule has 0 bridgehead atoms. The molecule has 0 radical (unpaired) electrons. The second-order valence-electron chi connectivity index (χ2n) is 4.88. The minimum atomic E-state index is -0.208. The Kier molecular flexibility index (Phi) is 4.77. The molecule has 5 heteroatoms. The number of hydrazone groups is 1. The molecule has 21 heavy (non-hydrogen) atoms. The highest BCUT2D eigenvalue weighted by molar-refractivity contribution is 5.97. The SMILES string of the molecule is C/C(=N/NC(=O)CNc1ccc(C)cc1C)c1ccco1. The molecule has 1 aromatic heterocycles. The number of benzene rings is 1. The minimum absolute atomic E-state index is 0.166. The Hall–Kier alpha value is -2.56. The summed E-state index contributed by atoms with van der Waals surface area (Å²) < 4.78 is 5.19. The van der Waals surface area contributed by atoms with Crippen LogP contribution >= 0.6 is 0 Å². The van der Waals surface area contributed by atoms with Gasteiger partial charge in [-0.05, 0) is 44.5 Å². The maximum Gasteiger partial charge on any atom is 0.259 e. The lowest BCUT2D eigenvalue weighted by Crippen LogP contribution is -2.26. The lowest BCUT2D eigenvalue weighted by Gasteiger charge is -2.09. The first kappa shape index (κ1) is 14.8. The molecule has 5 nitrogen and oxygen atoms in total. The van der Waals surface area contributed by atoms with E-state index >= 15 is 0 Å². The monoisotopic (exact) mass is 285 g/mol. The molecule has 2 aromatic rings. The van der Waals surface area contributed by atoms with Crippen molar-refractivity contribution in [3.63, 3.8) is 0 Å². The molecule has 0 aliphatic carbocycles. The zero-order chi connectivity index (χ0) is 15.2. The Morgan fingerprint density at radius 2 is 2.10 bits per heavy atom. The Balaban J connectivity index is 1.86. The summed E-state index contributed by atoms with van der Waals surface area (Å²) in [4.78, 5) is 11.8. The van der Waals surface area contributed by atoms with Gasteiger partial charge in [-0.3, -0.25) is 4.79 Å². The number of furan rings is 1. The summed E-state index contributed by atoms with van der Waals surface area (Å²) in [5.74, 6) is 0.429. The molecule has 0 spiro atoms. The zero-order valence-corrected chi connectivity index (χ0v) is 12.4. The molecule has 0 unspecified atom stereocenters. The van der Waals surface area contributed by atoms with Gasteiger partial charge in [0.05, 0.1) is 12.8 Å². The van der Waals surface area contributed by atoms with Gasteiger partial charge in [0, 0.05) is 5.69 Å². The van der Waals surface area contributed by atoms with Gasteiger partial charge < -0.3 is 9.73 Å². The van der Waals surface area contributed by atoms with Crippen molar-refractivity contribution in [2.75, 3.05) is 11.9 Å². The van der Waals surface area contributed by atoms with E-state index in [-0.39, 0.29) is 12.5 Å². The molecule has 0 fully saturated rings. The fraction of sp³-hybridized carbons (Fsp3) is 0.250. The summed E-state index contributed by atoms with van der Waals surface area (Å²) in [5, 5.41) is 7.09.